The van der Waals surface area contributed by atoms with Crippen molar-refractivity contribution >= 4 is 17.6 Å². The minimum absolute atomic E-state index is 0.0820. The normalized spacial score (nSPS) is 12.0. The van der Waals surface area contributed by atoms with Crippen LogP contribution in [0.4, 0.5) is 23.2 Å². The van der Waals surface area contributed by atoms with Gasteiger partial charge in [-0.25, -0.2) is 4.39 Å². The third kappa shape index (κ3) is 7.46. The molecule has 0 aliphatic heterocycles. The van der Waals surface area contributed by atoms with E-state index in [2.05, 4.69) is 20.9 Å². The van der Waals surface area contributed by atoms with Crippen LogP contribution < -0.4 is 16.0 Å². The van der Waals surface area contributed by atoms with E-state index in [1.807, 2.05) is 0 Å². The van der Waals surface area contributed by atoms with Crippen molar-refractivity contribution in [2.24, 2.45) is 4.99 Å². The van der Waals surface area contributed by atoms with Crippen LogP contribution in [0.5, 0.6) is 0 Å². The highest BCUT2D eigenvalue weighted by Gasteiger charge is 2.26. The van der Waals surface area contributed by atoms with E-state index >= 15 is 0 Å². The van der Waals surface area contributed by atoms with Gasteiger partial charge in [0.15, 0.2) is 5.96 Å². The molecule has 0 unspecified atom stereocenters. The first kappa shape index (κ1) is 17.7. The highest BCUT2D eigenvalue weighted by molar-refractivity contribution is 5.94. The fourth-order valence-electron chi connectivity index (χ4n) is 1.45. The summed E-state index contributed by atoms with van der Waals surface area (Å²) >= 11 is 0. The maximum atomic E-state index is 12.7. The number of hydrogen-bond acceptors (Lipinski definition) is 2. The average molecular weight is 320 g/mol. The average Bonchev–Trinajstić information content (AvgIpc) is 2.44. The maximum absolute atomic E-state index is 12.7. The van der Waals surface area contributed by atoms with Crippen LogP contribution >= 0.6 is 0 Å². The van der Waals surface area contributed by atoms with Crippen LogP contribution in [0.15, 0.2) is 29.3 Å². The molecule has 1 aromatic carbocycles. The third-order valence-corrected chi connectivity index (χ3v) is 2.47. The van der Waals surface area contributed by atoms with Crippen molar-refractivity contribution in [1.82, 2.24) is 10.6 Å². The Balaban J connectivity index is 2.33. The lowest BCUT2D eigenvalue weighted by Crippen LogP contribution is -2.42. The zero-order chi connectivity index (χ0) is 16.6. The van der Waals surface area contributed by atoms with Crippen molar-refractivity contribution in [3.63, 3.8) is 0 Å². The van der Waals surface area contributed by atoms with Gasteiger partial charge in [0.05, 0.1) is 13.0 Å². The van der Waals surface area contributed by atoms with Crippen LogP contribution in [0.1, 0.15) is 6.42 Å². The number of amides is 1. The molecule has 0 heterocycles. The number of halogens is 4. The van der Waals surface area contributed by atoms with Gasteiger partial charge in [0.25, 0.3) is 0 Å². The molecule has 0 atom stereocenters. The molecule has 0 spiro atoms. The van der Waals surface area contributed by atoms with E-state index in [0.29, 0.717) is 5.69 Å². The molecule has 9 heteroatoms. The zero-order valence-corrected chi connectivity index (χ0v) is 11.8. The predicted molar refractivity (Wildman–Crippen MR) is 75.1 cm³/mol. The van der Waals surface area contributed by atoms with Crippen LogP contribution in [0.3, 0.4) is 0 Å². The molecule has 0 saturated carbocycles. The summed E-state index contributed by atoms with van der Waals surface area (Å²) in [6.45, 7) is -0.536. The van der Waals surface area contributed by atoms with Crippen molar-refractivity contribution in [2.45, 2.75) is 12.6 Å². The number of carbonyl (C=O) groups is 1. The Morgan fingerprint density at radius 1 is 1.18 bits per heavy atom. The first-order valence-electron chi connectivity index (χ1n) is 6.37. The number of aliphatic imine (C=N–C) groups is 1. The minimum atomic E-state index is -4.26. The van der Waals surface area contributed by atoms with Crippen LogP contribution in [-0.2, 0) is 4.79 Å². The fraction of sp³-hybridized carbons (Fsp3) is 0.385. The minimum Gasteiger partial charge on any atom is -0.356 e. The predicted octanol–water partition coefficient (Wildman–Crippen LogP) is 1.88. The lowest BCUT2D eigenvalue weighted by molar-refractivity contribution is -0.132. The Labute approximate surface area is 124 Å². The monoisotopic (exact) mass is 320 g/mol. The summed E-state index contributed by atoms with van der Waals surface area (Å²) in [5, 5.41) is 7.51. The molecule has 0 aromatic heterocycles. The number of alkyl halides is 3. The fourth-order valence-corrected chi connectivity index (χ4v) is 1.45. The number of nitrogens with zero attached hydrogens (tertiary/aromatic N) is 1. The molecular formula is C13H16F4N4O. The maximum Gasteiger partial charge on any atom is 0.390 e. The van der Waals surface area contributed by atoms with Gasteiger partial charge in [0.2, 0.25) is 5.91 Å². The molecule has 22 heavy (non-hydrogen) atoms. The van der Waals surface area contributed by atoms with Crippen LogP contribution in [-0.4, -0.2) is 38.2 Å². The van der Waals surface area contributed by atoms with E-state index in [1.165, 1.54) is 31.3 Å². The number of nitrogens with one attached hydrogen (secondary N) is 3. The molecule has 1 aromatic rings. The number of hydrogen-bond donors (Lipinski definition) is 3. The topological polar surface area (TPSA) is 65.5 Å². The molecule has 0 bridgehead atoms. The van der Waals surface area contributed by atoms with E-state index in [-0.39, 0.29) is 19.0 Å². The molecule has 1 amide bonds. The first-order chi connectivity index (χ1) is 10.3. The number of benzene rings is 1. The van der Waals surface area contributed by atoms with E-state index in [0.717, 1.165) is 0 Å². The van der Waals surface area contributed by atoms with Crippen molar-refractivity contribution < 1.29 is 22.4 Å². The van der Waals surface area contributed by atoms with E-state index < -0.39 is 24.3 Å². The zero-order valence-electron chi connectivity index (χ0n) is 11.8. The lowest BCUT2D eigenvalue weighted by atomic mass is 10.3. The standard InChI is InChI=1S/C13H16F4N4O/c1-18-12(19-7-6-13(15,16)17)20-8-11(22)21-10-4-2-9(14)3-5-10/h2-5H,6-8H2,1H3,(H,21,22)(H2,18,19,20). The largest absolute Gasteiger partial charge is 0.390 e. The smallest absolute Gasteiger partial charge is 0.356 e. The third-order valence-electron chi connectivity index (χ3n) is 2.47. The Bertz CT molecular complexity index is 514. The molecule has 5 nitrogen and oxygen atoms in total. The number of carbonyl (C=O) groups excluding carboxylic acids is 1. The van der Waals surface area contributed by atoms with E-state index in [9.17, 15) is 22.4 Å². The molecule has 0 saturated heterocycles. The summed E-state index contributed by atoms with van der Waals surface area (Å²) in [6.07, 6.45) is -5.26. The highest BCUT2D eigenvalue weighted by atomic mass is 19.4. The summed E-state index contributed by atoms with van der Waals surface area (Å²) in [5.41, 5.74) is 0.410. The molecule has 1 rings (SSSR count). The number of anilines is 1. The van der Waals surface area contributed by atoms with Gasteiger partial charge in [-0.05, 0) is 24.3 Å². The summed E-state index contributed by atoms with van der Waals surface area (Å²) in [7, 11) is 1.38. The van der Waals surface area contributed by atoms with Gasteiger partial charge in [-0.3, -0.25) is 9.79 Å². The quantitative estimate of drug-likeness (QED) is 0.441. The highest BCUT2D eigenvalue weighted by Crippen LogP contribution is 2.17. The van der Waals surface area contributed by atoms with Gasteiger partial charge >= 0.3 is 6.18 Å². The summed E-state index contributed by atoms with van der Waals surface area (Å²) < 4.78 is 48.7. The molecule has 0 aliphatic rings. The SMILES string of the molecule is CN=C(NCCC(F)(F)F)NCC(=O)Nc1ccc(F)cc1. The van der Waals surface area contributed by atoms with Crippen molar-refractivity contribution in [1.29, 1.82) is 0 Å². The second kappa shape index (κ2) is 8.20. The van der Waals surface area contributed by atoms with E-state index in [4.69, 9.17) is 0 Å². The number of guanidine groups is 1. The van der Waals surface area contributed by atoms with Gasteiger partial charge < -0.3 is 16.0 Å². The molecule has 0 fully saturated rings. The van der Waals surface area contributed by atoms with Gasteiger partial charge in [0, 0.05) is 19.3 Å². The molecule has 122 valence electrons. The van der Waals surface area contributed by atoms with Gasteiger partial charge in [-0.2, -0.15) is 13.2 Å². The molecule has 0 radical (unpaired) electrons. The van der Waals surface area contributed by atoms with Crippen LogP contribution in [0.2, 0.25) is 0 Å². The van der Waals surface area contributed by atoms with Crippen molar-refractivity contribution in [3.05, 3.63) is 30.1 Å². The molecule has 0 aliphatic carbocycles. The summed E-state index contributed by atoms with van der Waals surface area (Å²) in [4.78, 5) is 15.3. The van der Waals surface area contributed by atoms with E-state index in [1.54, 1.807) is 0 Å². The Kier molecular flexibility index (Phi) is 6.61. The Hall–Kier alpha value is -2.32. The summed E-state index contributed by atoms with van der Waals surface area (Å²) in [6, 6.07) is 5.18. The van der Waals surface area contributed by atoms with Gasteiger partial charge in [0.1, 0.15) is 5.82 Å². The van der Waals surface area contributed by atoms with Gasteiger partial charge in [-0.15, -0.1) is 0 Å². The summed E-state index contributed by atoms with van der Waals surface area (Å²) in [5.74, 6) is -0.783. The van der Waals surface area contributed by atoms with Crippen molar-refractivity contribution in [2.75, 3.05) is 25.5 Å². The Morgan fingerprint density at radius 2 is 1.82 bits per heavy atom. The van der Waals surface area contributed by atoms with Crippen LogP contribution in [0.25, 0.3) is 0 Å². The second-order valence-corrected chi connectivity index (χ2v) is 4.27. The molecular weight excluding hydrogens is 304 g/mol. The first-order valence-corrected chi connectivity index (χ1v) is 6.37. The van der Waals surface area contributed by atoms with Gasteiger partial charge in [-0.1, -0.05) is 0 Å². The van der Waals surface area contributed by atoms with Crippen LogP contribution in [0, 0.1) is 5.82 Å². The van der Waals surface area contributed by atoms with Crippen molar-refractivity contribution in [3.8, 4) is 0 Å². The molecule has 3 N–H and O–H groups in total. The Morgan fingerprint density at radius 3 is 2.36 bits per heavy atom. The number of rotatable bonds is 5. The second-order valence-electron chi connectivity index (χ2n) is 4.27. The lowest BCUT2D eigenvalue weighted by Gasteiger charge is -2.13.